The van der Waals surface area contributed by atoms with Gasteiger partial charge in [-0.2, -0.15) is 5.10 Å². The normalized spacial score (nSPS) is 10.9. The molecule has 0 atom stereocenters. The first-order chi connectivity index (χ1) is 8.74. The predicted octanol–water partition coefficient (Wildman–Crippen LogP) is 2.81. The van der Waals surface area contributed by atoms with E-state index in [1.165, 1.54) is 6.07 Å². The van der Waals surface area contributed by atoms with Gasteiger partial charge in [0.15, 0.2) is 0 Å². The number of anilines is 1. The largest absolute Gasteiger partial charge is 0.399 e. The molecule has 1 heterocycles. The van der Waals surface area contributed by atoms with Crippen molar-refractivity contribution in [2.24, 2.45) is 0 Å². The highest BCUT2D eigenvalue weighted by Gasteiger charge is 2.06. The molecule has 18 heavy (non-hydrogen) atoms. The maximum absolute atomic E-state index is 13.6. The third-order valence-corrected chi connectivity index (χ3v) is 2.95. The van der Waals surface area contributed by atoms with E-state index in [9.17, 15) is 4.39 Å². The Kier molecular flexibility index (Phi) is 2.48. The molecule has 0 radical (unpaired) electrons. The molecule has 3 nitrogen and oxygen atoms in total. The molecular formula is C14H12FN3. The average Bonchev–Trinajstić information content (AvgIpc) is 2.75. The Morgan fingerprint density at radius 1 is 1.17 bits per heavy atom. The van der Waals surface area contributed by atoms with Crippen LogP contribution in [0.2, 0.25) is 0 Å². The molecule has 0 spiro atoms. The number of fused-ring (bicyclic) bond motifs is 1. The van der Waals surface area contributed by atoms with Gasteiger partial charge in [0, 0.05) is 16.6 Å². The molecule has 0 aliphatic carbocycles. The molecule has 0 bridgehead atoms. The van der Waals surface area contributed by atoms with E-state index in [1.807, 2.05) is 24.3 Å². The van der Waals surface area contributed by atoms with E-state index in [0.29, 0.717) is 17.8 Å². The molecule has 2 aromatic carbocycles. The second-order valence-electron chi connectivity index (χ2n) is 4.21. The summed E-state index contributed by atoms with van der Waals surface area (Å²) >= 11 is 0. The topological polar surface area (TPSA) is 43.8 Å². The van der Waals surface area contributed by atoms with Crippen molar-refractivity contribution in [1.82, 2.24) is 9.78 Å². The fourth-order valence-corrected chi connectivity index (χ4v) is 2.00. The Morgan fingerprint density at radius 3 is 2.83 bits per heavy atom. The standard InChI is InChI=1S/C14H12FN3/c15-13-4-2-1-3-11(13)9-18-14-7-12(16)6-5-10(14)8-17-18/h1-8H,9,16H2. The van der Waals surface area contributed by atoms with Gasteiger partial charge in [0.1, 0.15) is 5.82 Å². The highest BCUT2D eigenvalue weighted by molar-refractivity contribution is 5.81. The fourth-order valence-electron chi connectivity index (χ4n) is 2.00. The molecule has 1 aromatic heterocycles. The highest BCUT2D eigenvalue weighted by atomic mass is 19.1. The van der Waals surface area contributed by atoms with Crippen LogP contribution in [0, 0.1) is 5.82 Å². The Morgan fingerprint density at radius 2 is 2.00 bits per heavy atom. The Balaban J connectivity index is 2.05. The van der Waals surface area contributed by atoms with Crippen LogP contribution in [0.15, 0.2) is 48.7 Å². The van der Waals surface area contributed by atoms with E-state index in [-0.39, 0.29) is 5.82 Å². The molecule has 3 aromatic rings. The number of nitrogens with zero attached hydrogens (tertiary/aromatic N) is 2. The van der Waals surface area contributed by atoms with Crippen molar-refractivity contribution in [3.63, 3.8) is 0 Å². The van der Waals surface area contributed by atoms with Crippen LogP contribution < -0.4 is 5.73 Å². The van der Waals surface area contributed by atoms with Gasteiger partial charge in [-0.05, 0) is 24.3 Å². The summed E-state index contributed by atoms with van der Waals surface area (Å²) in [4.78, 5) is 0. The molecule has 0 unspecified atom stereocenters. The van der Waals surface area contributed by atoms with E-state index in [4.69, 9.17) is 5.73 Å². The van der Waals surface area contributed by atoms with Crippen molar-refractivity contribution in [2.75, 3.05) is 5.73 Å². The lowest BCUT2D eigenvalue weighted by molar-refractivity contribution is 0.590. The van der Waals surface area contributed by atoms with Crippen molar-refractivity contribution >= 4 is 16.6 Å². The van der Waals surface area contributed by atoms with E-state index < -0.39 is 0 Å². The summed E-state index contributed by atoms with van der Waals surface area (Å²) in [6.45, 7) is 0.402. The van der Waals surface area contributed by atoms with Gasteiger partial charge in [-0.1, -0.05) is 18.2 Å². The maximum Gasteiger partial charge on any atom is 0.128 e. The predicted molar refractivity (Wildman–Crippen MR) is 69.6 cm³/mol. The summed E-state index contributed by atoms with van der Waals surface area (Å²) in [6, 6.07) is 12.3. The van der Waals surface area contributed by atoms with Gasteiger partial charge >= 0.3 is 0 Å². The van der Waals surface area contributed by atoms with Gasteiger partial charge in [0.25, 0.3) is 0 Å². The van der Waals surface area contributed by atoms with Gasteiger partial charge in [0.2, 0.25) is 0 Å². The second kappa shape index (κ2) is 4.14. The molecule has 0 amide bonds. The van der Waals surface area contributed by atoms with Crippen LogP contribution >= 0.6 is 0 Å². The van der Waals surface area contributed by atoms with Gasteiger partial charge in [-0.25, -0.2) is 4.39 Å². The van der Waals surface area contributed by atoms with Crippen molar-refractivity contribution < 1.29 is 4.39 Å². The maximum atomic E-state index is 13.6. The first kappa shape index (κ1) is 10.8. The molecule has 3 rings (SSSR count). The summed E-state index contributed by atoms with van der Waals surface area (Å²) in [5.41, 5.74) is 7.97. The monoisotopic (exact) mass is 241 g/mol. The molecule has 4 heteroatoms. The zero-order valence-corrected chi connectivity index (χ0v) is 9.68. The number of benzene rings is 2. The summed E-state index contributed by atoms with van der Waals surface area (Å²) in [6.07, 6.45) is 1.76. The lowest BCUT2D eigenvalue weighted by atomic mass is 10.2. The Hall–Kier alpha value is -2.36. The highest BCUT2D eigenvalue weighted by Crippen LogP contribution is 2.18. The van der Waals surface area contributed by atoms with E-state index in [0.717, 1.165) is 10.9 Å². The van der Waals surface area contributed by atoms with Crippen molar-refractivity contribution in [3.05, 3.63) is 60.0 Å². The van der Waals surface area contributed by atoms with Crippen molar-refractivity contribution in [1.29, 1.82) is 0 Å². The van der Waals surface area contributed by atoms with Gasteiger partial charge in [0.05, 0.1) is 18.3 Å². The molecule has 90 valence electrons. The SMILES string of the molecule is Nc1ccc2cnn(Cc3ccccc3F)c2c1. The average molecular weight is 241 g/mol. The first-order valence-electron chi connectivity index (χ1n) is 5.68. The lowest BCUT2D eigenvalue weighted by Gasteiger charge is -2.05. The van der Waals surface area contributed by atoms with Gasteiger partial charge in [-0.3, -0.25) is 4.68 Å². The molecule has 0 aliphatic heterocycles. The zero-order chi connectivity index (χ0) is 12.5. The summed E-state index contributed by atoms with van der Waals surface area (Å²) in [5.74, 6) is -0.218. The minimum atomic E-state index is -0.218. The molecule has 2 N–H and O–H groups in total. The van der Waals surface area contributed by atoms with Crippen LogP contribution in [-0.2, 0) is 6.54 Å². The van der Waals surface area contributed by atoms with E-state index >= 15 is 0 Å². The summed E-state index contributed by atoms with van der Waals surface area (Å²) < 4.78 is 15.3. The molecular weight excluding hydrogens is 229 g/mol. The fraction of sp³-hybridized carbons (Fsp3) is 0.0714. The van der Waals surface area contributed by atoms with Crippen LogP contribution in [0.25, 0.3) is 10.9 Å². The minimum Gasteiger partial charge on any atom is -0.399 e. The number of hydrogen-bond acceptors (Lipinski definition) is 2. The van der Waals surface area contributed by atoms with Crippen LogP contribution in [0.1, 0.15) is 5.56 Å². The van der Waals surface area contributed by atoms with Crippen LogP contribution in [-0.4, -0.2) is 9.78 Å². The number of nitrogens with two attached hydrogens (primary N) is 1. The lowest BCUT2D eigenvalue weighted by Crippen LogP contribution is -2.03. The third-order valence-electron chi connectivity index (χ3n) is 2.95. The number of halogens is 1. The minimum absolute atomic E-state index is 0.218. The zero-order valence-electron chi connectivity index (χ0n) is 9.68. The third kappa shape index (κ3) is 1.82. The first-order valence-corrected chi connectivity index (χ1v) is 5.68. The number of rotatable bonds is 2. The molecule has 0 saturated heterocycles. The van der Waals surface area contributed by atoms with Crippen molar-refractivity contribution in [3.8, 4) is 0 Å². The quantitative estimate of drug-likeness (QED) is 0.701. The molecule has 0 saturated carbocycles. The second-order valence-corrected chi connectivity index (χ2v) is 4.21. The van der Waals surface area contributed by atoms with Gasteiger partial charge < -0.3 is 5.73 Å². The van der Waals surface area contributed by atoms with Crippen LogP contribution in [0.3, 0.4) is 0 Å². The summed E-state index contributed by atoms with van der Waals surface area (Å²) in [5, 5.41) is 5.27. The Bertz CT molecular complexity index is 703. The van der Waals surface area contributed by atoms with Crippen LogP contribution in [0.4, 0.5) is 10.1 Å². The van der Waals surface area contributed by atoms with E-state index in [1.54, 1.807) is 23.0 Å². The number of nitrogen functional groups attached to an aromatic ring is 1. The smallest absolute Gasteiger partial charge is 0.128 e. The van der Waals surface area contributed by atoms with Gasteiger partial charge in [-0.15, -0.1) is 0 Å². The van der Waals surface area contributed by atoms with E-state index in [2.05, 4.69) is 5.10 Å². The van der Waals surface area contributed by atoms with Crippen LogP contribution in [0.5, 0.6) is 0 Å². The summed E-state index contributed by atoms with van der Waals surface area (Å²) in [7, 11) is 0. The van der Waals surface area contributed by atoms with Crippen molar-refractivity contribution in [2.45, 2.75) is 6.54 Å². The number of hydrogen-bond donors (Lipinski definition) is 1. The Labute approximate surface area is 104 Å². The molecule has 0 fully saturated rings. The molecule has 0 aliphatic rings. The number of aromatic nitrogens is 2.